The van der Waals surface area contributed by atoms with Crippen molar-refractivity contribution in [3.05, 3.63) is 30.0 Å². The first-order chi connectivity index (χ1) is 14.6. The van der Waals surface area contributed by atoms with Crippen LogP contribution in [0.3, 0.4) is 0 Å². The first kappa shape index (κ1) is 20.0. The highest BCUT2D eigenvalue weighted by Crippen LogP contribution is 2.24. The van der Waals surface area contributed by atoms with Gasteiger partial charge in [0.25, 0.3) is 5.78 Å². The fraction of sp³-hybridized carbons (Fsp3) is 0.333. The van der Waals surface area contributed by atoms with Gasteiger partial charge in [-0.1, -0.05) is 11.8 Å². The summed E-state index contributed by atoms with van der Waals surface area (Å²) in [6, 6.07) is 7.35. The highest BCUT2D eigenvalue weighted by Gasteiger charge is 2.21. The van der Waals surface area contributed by atoms with Crippen LogP contribution in [-0.2, 0) is 20.7 Å². The average molecular weight is 429 g/mol. The Bertz CT molecular complexity index is 1190. The van der Waals surface area contributed by atoms with Crippen LogP contribution < -0.4 is 4.74 Å². The molecular weight excluding hydrogens is 410 g/mol. The van der Waals surface area contributed by atoms with E-state index in [9.17, 15) is 4.79 Å². The summed E-state index contributed by atoms with van der Waals surface area (Å²) in [5.41, 5.74) is 2.18. The Labute approximate surface area is 175 Å². The Morgan fingerprint density at radius 2 is 1.90 bits per heavy atom. The van der Waals surface area contributed by atoms with Crippen molar-refractivity contribution >= 4 is 34.7 Å². The monoisotopic (exact) mass is 429 g/mol. The maximum atomic E-state index is 11.9. The van der Waals surface area contributed by atoms with Crippen molar-refractivity contribution in [3.63, 3.8) is 0 Å². The minimum absolute atomic E-state index is 0.0412. The van der Waals surface area contributed by atoms with E-state index in [1.807, 2.05) is 24.3 Å². The standard InChI is InChI=1S/C18H19N7O4S/c1-27-8-9-30-18-19-17-21-20-15-13(10-14(26)29-3)22-24(16(15)25(17)23-18)11-4-6-12(28-2)7-5-11/h4-7H,8-10H2,1-3H3. The largest absolute Gasteiger partial charge is 0.497 e. The van der Waals surface area contributed by atoms with Gasteiger partial charge in [-0.15, -0.1) is 15.3 Å². The summed E-state index contributed by atoms with van der Waals surface area (Å²) in [4.78, 5) is 16.3. The highest BCUT2D eigenvalue weighted by molar-refractivity contribution is 7.99. The maximum Gasteiger partial charge on any atom is 0.311 e. The van der Waals surface area contributed by atoms with Gasteiger partial charge in [0, 0.05) is 12.9 Å². The van der Waals surface area contributed by atoms with Gasteiger partial charge in [0.2, 0.25) is 5.16 Å². The van der Waals surface area contributed by atoms with Crippen LogP contribution in [-0.4, -0.2) is 74.2 Å². The van der Waals surface area contributed by atoms with Gasteiger partial charge in [-0.25, -0.2) is 4.68 Å². The molecule has 3 aromatic heterocycles. The number of rotatable bonds is 8. The molecule has 0 saturated heterocycles. The van der Waals surface area contributed by atoms with E-state index < -0.39 is 5.97 Å². The lowest BCUT2D eigenvalue weighted by molar-refractivity contribution is -0.139. The molecule has 30 heavy (non-hydrogen) atoms. The van der Waals surface area contributed by atoms with Crippen LogP contribution in [0.5, 0.6) is 5.75 Å². The summed E-state index contributed by atoms with van der Waals surface area (Å²) in [5.74, 6) is 1.33. The second-order valence-corrected chi connectivity index (χ2v) is 7.19. The molecule has 0 atom stereocenters. The SMILES string of the molecule is COCCSc1nc2nnc3c(CC(=O)OC)nn(-c4ccc(OC)cc4)c3n2n1. The van der Waals surface area contributed by atoms with Crippen molar-refractivity contribution in [1.82, 2.24) is 34.6 Å². The van der Waals surface area contributed by atoms with E-state index in [0.717, 1.165) is 5.69 Å². The number of aromatic nitrogens is 7. The molecule has 0 fully saturated rings. The van der Waals surface area contributed by atoms with Gasteiger partial charge in [-0.2, -0.15) is 14.6 Å². The number of ether oxygens (including phenoxy) is 3. The average Bonchev–Trinajstić information content (AvgIpc) is 3.35. The summed E-state index contributed by atoms with van der Waals surface area (Å²) in [7, 11) is 4.57. The van der Waals surface area contributed by atoms with E-state index >= 15 is 0 Å². The van der Waals surface area contributed by atoms with Gasteiger partial charge < -0.3 is 14.2 Å². The molecule has 0 aliphatic heterocycles. The van der Waals surface area contributed by atoms with E-state index in [-0.39, 0.29) is 6.42 Å². The Hall–Kier alpha value is -3.25. The third kappa shape index (κ3) is 3.78. The third-order valence-corrected chi connectivity index (χ3v) is 5.09. The second kappa shape index (κ2) is 8.63. The molecular formula is C18H19N7O4S. The van der Waals surface area contributed by atoms with Crippen LogP contribution in [0.1, 0.15) is 5.69 Å². The van der Waals surface area contributed by atoms with Crippen LogP contribution in [0.4, 0.5) is 0 Å². The number of carbonyl (C=O) groups is 1. The molecule has 0 radical (unpaired) electrons. The van der Waals surface area contributed by atoms with Crippen LogP contribution in [0.2, 0.25) is 0 Å². The van der Waals surface area contributed by atoms with E-state index in [0.29, 0.717) is 45.9 Å². The highest BCUT2D eigenvalue weighted by atomic mass is 32.2. The first-order valence-electron chi connectivity index (χ1n) is 8.98. The number of methoxy groups -OCH3 is 3. The maximum absolute atomic E-state index is 11.9. The van der Waals surface area contributed by atoms with Crippen molar-refractivity contribution in [2.24, 2.45) is 0 Å². The first-order valence-corrected chi connectivity index (χ1v) is 9.97. The van der Waals surface area contributed by atoms with Crippen molar-refractivity contribution in [3.8, 4) is 11.4 Å². The number of nitrogens with zero attached hydrogens (tertiary/aromatic N) is 7. The number of hydrogen-bond acceptors (Lipinski definition) is 10. The Morgan fingerprint density at radius 3 is 2.60 bits per heavy atom. The second-order valence-electron chi connectivity index (χ2n) is 6.13. The molecule has 156 valence electrons. The summed E-state index contributed by atoms with van der Waals surface area (Å²) in [6.45, 7) is 0.578. The fourth-order valence-corrected chi connectivity index (χ4v) is 3.55. The van der Waals surface area contributed by atoms with Gasteiger partial charge in [0.1, 0.15) is 11.4 Å². The van der Waals surface area contributed by atoms with Gasteiger partial charge in [-0.05, 0) is 24.3 Å². The number of fused-ring (bicyclic) bond motifs is 3. The number of hydrogen-bond donors (Lipinski definition) is 0. The number of carbonyl (C=O) groups excluding carboxylic acids is 1. The number of thioether (sulfide) groups is 1. The molecule has 0 spiro atoms. The summed E-state index contributed by atoms with van der Waals surface area (Å²) >= 11 is 1.45. The smallest absolute Gasteiger partial charge is 0.311 e. The molecule has 3 heterocycles. The Balaban J connectivity index is 1.88. The van der Waals surface area contributed by atoms with Crippen LogP contribution in [0.15, 0.2) is 29.4 Å². The molecule has 0 N–H and O–H groups in total. The van der Waals surface area contributed by atoms with Gasteiger partial charge >= 0.3 is 5.97 Å². The minimum Gasteiger partial charge on any atom is -0.497 e. The lowest BCUT2D eigenvalue weighted by atomic mass is 10.3. The normalized spacial score (nSPS) is 11.3. The zero-order chi connectivity index (χ0) is 21.1. The zero-order valence-electron chi connectivity index (χ0n) is 16.6. The van der Waals surface area contributed by atoms with Crippen LogP contribution in [0.25, 0.3) is 22.6 Å². The van der Waals surface area contributed by atoms with E-state index in [4.69, 9.17) is 14.2 Å². The molecule has 0 aliphatic carbocycles. The van der Waals surface area contributed by atoms with Gasteiger partial charge in [-0.3, -0.25) is 4.79 Å². The zero-order valence-corrected chi connectivity index (χ0v) is 17.4. The molecule has 0 amide bonds. The van der Waals surface area contributed by atoms with E-state index in [1.54, 1.807) is 23.4 Å². The summed E-state index contributed by atoms with van der Waals surface area (Å²) in [6.07, 6.45) is -0.0412. The molecule has 0 aliphatic rings. The topological polar surface area (TPSA) is 119 Å². The summed E-state index contributed by atoms with van der Waals surface area (Å²) in [5, 5.41) is 18.1. The lowest BCUT2D eigenvalue weighted by Crippen LogP contribution is -2.06. The number of esters is 1. The van der Waals surface area contributed by atoms with Crippen molar-refractivity contribution in [1.29, 1.82) is 0 Å². The number of benzene rings is 1. The molecule has 1 aromatic carbocycles. The van der Waals surface area contributed by atoms with Crippen LogP contribution in [0, 0.1) is 0 Å². The predicted octanol–water partition coefficient (Wildman–Crippen LogP) is 1.32. The van der Waals surface area contributed by atoms with E-state index in [1.165, 1.54) is 18.9 Å². The third-order valence-electron chi connectivity index (χ3n) is 4.29. The van der Waals surface area contributed by atoms with Crippen molar-refractivity contribution < 1.29 is 19.0 Å². The van der Waals surface area contributed by atoms with Crippen molar-refractivity contribution in [2.45, 2.75) is 11.6 Å². The quantitative estimate of drug-likeness (QED) is 0.230. The molecule has 0 unspecified atom stereocenters. The molecule has 4 aromatic rings. The molecule has 4 rings (SSSR count). The van der Waals surface area contributed by atoms with Crippen LogP contribution >= 0.6 is 11.8 Å². The van der Waals surface area contributed by atoms with Gasteiger partial charge in [0.15, 0.2) is 11.2 Å². The Morgan fingerprint density at radius 1 is 1.10 bits per heavy atom. The summed E-state index contributed by atoms with van der Waals surface area (Å²) < 4.78 is 18.3. The lowest BCUT2D eigenvalue weighted by Gasteiger charge is -2.05. The molecule has 11 nitrogen and oxygen atoms in total. The van der Waals surface area contributed by atoms with E-state index in [2.05, 4.69) is 25.4 Å². The molecule has 0 bridgehead atoms. The Kier molecular flexibility index (Phi) is 5.77. The minimum atomic E-state index is -0.424. The van der Waals surface area contributed by atoms with Gasteiger partial charge in [0.05, 0.1) is 32.9 Å². The van der Waals surface area contributed by atoms with Crippen molar-refractivity contribution in [2.75, 3.05) is 33.7 Å². The molecule has 12 heteroatoms. The molecule has 0 saturated carbocycles. The fourth-order valence-electron chi connectivity index (χ4n) is 2.83. The predicted molar refractivity (Wildman–Crippen MR) is 108 cm³/mol.